The molecule has 2 fully saturated rings. The molecule has 1 atom stereocenters. The Morgan fingerprint density at radius 2 is 1.48 bits per heavy atom. The molecular weight excluding hydrogens is 1090 g/mol. The first-order valence-corrected chi connectivity index (χ1v) is 31.0. The first-order valence-electron chi connectivity index (χ1n) is 30.6. The van der Waals surface area contributed by atoms with Gasteiger partial charge < -0.3 is 20.1 Å². The van der Waals surface area contributed by atoms with Crippen LogP contribution in [0.5, 0.6) is 0 Å². The van der Waals surface area contributed by atoms with Gasteiger partial charge >= 0.3 is 0 Å². The lowest BCUT2D eigenvalue weighted by Gasteiger charge is -2.38. The predicted octanol–water partition coefficient (Wildman–Crippen LogP) is 16.5. The number of hydrogen-bond donors (Lipinski definition) is 1. The topological polar surface area (TPSA) is 139 Å². The Morgan fingerprint density at radius 3 is 2.16 bits per heavy atom. The van der Waals surface area contributed by atoms with Gasteiger partial charge in [0.2, 0.25) is 5.91 Å². The molecule has 1 aliphatic heterocycles. The Kier molecular flexibility index (Phi) is 20.8. The molecule has 4 aromatic heterocycles. The zero-order valence-corrected chi connectivity index (χ0v) is 50.9. The monoisotopic (exact) mass is 1170 g/mol. The largest absolute Gasteiger partial charge is 0.383 e. The first-order chi connectivity index (χ1) is 42.6. The minimum atomic E-state index is -0.143. The summed E-state index contributed by atoms with van der Waals surface area (Å²) in [6.07, 6.45) is 19.5. The number of halogens is 1. The third-order valence-corrected chi connectivity index (χ3v) is 16.9. The van der Waals surface area contributed by atoms with Crippen LogP contribution in [0.25, 0.3) is 32.2 Å². The minimum Gasteiger partial charge on any atom is -0.383 e. The molecule has 12 nitrogen and oxygen atoms in total. The minimum absolute atomic E-state index is 0.143. The van der Waals surface area contributed by atoms with Crippen molar-refractivity contribution in [1.29, 1.82) is 5.26 Å². The summed E-state index contributed by atoms with van der Waals surface area (Å²) in [6.45, 7) is 17.7. The molecule has 1 unspecified atom stereocenters. The van der Waals surface area contributed by atoms with Gasteiger partial charge in [0, 0.05) is 78.1 Å². The zero-order chi connectivity index (χ0) is 60.5. The number of anilines is 2. The fraction of sp³-hybridized carbons (Fsp3) is 0.284. The van der Waals surface area contributed by atoms with Crippen LogP contribution in [0.3, 0.4) is 0 Å². The smallest absolute Gasteiger partial charge is 0.226 e. The van der Waals surface area contributed by atoms with E-state index in [1.807, 2.05) is 84.8 Å². The van der Waals surface area contributed by atoms with Crippen molar-refractivity contribution in [2.24, 2.45) is 5.92 Å². The van der Waals surface area contributed by atoms with E-state index in [0.717, 1.165) is 91.0 Å². The highest BCUT2D eigenvalue weighted by atomic mass is 35.5. The van der Waals surface area contributed by atoms with Crippen LogP contribution < -0.4 is 10.6 Å². The molecule has 1 saturated heterocycles. The number of para-hydroxylation sites is 2. The molecule has 2 aliphatic carbocycles. The Hall–Kier alpha value is -9.20. The third kappa shape index (κ3) is 15.3. The van der Waals surface area contributed by atoms with Crippen LogP contribution in [0, 0.1) is 23.8 Å². The number of pyridine rings is 2. The van der Waals surface area contributed by atoms with Gasteiger partial charge in [0.25, 0.3) is 0 Å². The van der Waals surface area contributed by atoms with Crippen LogP contribution in [0.1, 0.15) is 123 Å². The lowest BCUT2D eigenvalue weighted by Crippen LogP contribution is -2.47. The summed E-state index contributed by atoms with van der Waals surface area (Å²) in [5, 5.41) is 16.2. The molecule has 0 radical (unpaired) electrons. The van der Waals surface area contributed by atoms with Crippen molar-refractivity contribution in [2.45, 2.75) is 110 Å². The van der Waals surface area contributed by atoms with Gasteiger partial charge in [-0.15, -0.1) is 0 Å². The molecule has 1 amide bonds. The number of carbonyl (C=O) groups excluding carboxylic acids is 1. The van der Waals surface area contributed by atoms with E-state index < -0.39 is 0 Å². The highest BCUT2D eigenvalue weighted by Crippen LogP contribution is 2.40. The van der Waals surface area contributed by atoms with E-state index in [-0.39, 0.29) is 11.9 Å². The number of nitriles is 1. The van der Waals surface area contributed by atoms with E-state index in [0.29, 0.717) is 35.4 Å². The van der Waals surface area contributed by atoms with Gasteiger partial charge in [-0.2, -0.15) is 10.4 Å². The summed E-state index contributed by atoms with van der Waals surface area (Å²) in [7, 11) is 0. The summed E-state index contributed by atoms with van der Waals surface area (Å²) in [5.41, 5.74) is 22.2. The number of piperidine rings is 1. The number of amides is 1. The molecule has 440 valence electrons. The molecule has 5 heterocycles. The summed E-state index contributed by atoms with van der Waals surface area (Å²) >= 11 is 6.24. The highest BCUT2D eigenvalue weighted by molar-refractivity contribution is 6.30. The number of nitrogen functional groups attached to an aromatic ring is 1. The number of benzene rings is 6. The van der Waals surface area contributed by atoms with Crippen LogP contribution in [-0.2, 0) is 30.6 Å². The Morgan fingerprint density at radius 1 is 0.793 bits per heavy atom. The van der Waals surface area contributed by atoms with Gasteiger partial charge in [0.1, 0.15) is 24.5 Å². The second kappa shape index (κ2) is 29.7. The maximum absolute atomic E-state index is 12.5. The van der Waals surface area contributed by atoms with Gasteiger partial charge in [-0.3, -0.25) is 9.78 Å². The van der Waals surface area contributed by atoms with Crippen LogP contribution >= 0.6 is 11.6 Å². The first kappa shape index (κ1) is 60.9. The average Bonchev–Trinajstić information content (AvgIpc) is 4.29. The molecule has 10 aromatic rings. The van der Waals surface area contributed by atoms with Crippen molar-refractivity contribution in [2.75, 3.05) is 30.3 Å². The molecule has 87 heavy (non-hydrogen) atoms. The molecule has 6 aromatic carbocycles. The number of aryl methyl sites for hydroxylation is 2. The number of likely N-dealkylation sites (tertiary alicyclic amines) is 1. The molecule has 0 bridgehead atoms. The maximum Gasteiger partial charge on any atom is 0.226 e. The van der Waals surface area contributed by atoms with Crippen molar-refractivity contribution >= 4 is 62.1 Å². The Labute approximate surface area is 517 Å². The molecule has 2 N–H and O–H groups in total. The lowest BCUT2D eigenvalue weighted by molar-refractivity contribution is -0.119. The normalized spacial score (nSPS) is 14.3. The van der Waals surface area contributed by atoms with Gasteiger partial charge in [0.15, 0.2) is 5.69 Å². The number of nitrogens with zero attached hydrogens (tertiary/aromatic N) is 10. The van der Waals surface area contributed by atoms with Crippen molar-refractivity contribution in [3.63, 3.8) is 0 Å². The van der Waals surface area contributed by atoms with Crippen LogP contribution in [0.15, 0.2) is 200 Å². The highest BCUT2D eigenvalue weighted by Gasteiger charge is 2.29. The lowest BCUT2D eigenvalue weighted by atomic mass is 9.85. The van der Waals surface area contributed by atoms with Crippen molar-refractivity contribution in [3.8, 4) is 6.07 Å². The summed E-state index contributed by atoms with van der Waals surface area (Å²) in [6, 6.07) is 58.8. The van der Waals surface area contributed by atoms with Gasteiger partial charge in [-0.1, -0.05) is 160 Å². The van der Waals surface area contributed by atoms with Gasteiger partial charge in [0.05, 0.1) is 34.9 Å². The van der Waals surface area contributed by atoms with E-state index in [1.165, 1.54) is 82.9 Å². The molecule has 1 saturated carbocycles. The molecule has 13 rings (SSSR count). The third-order valence-electron chi connectivity index (χ3n) is 16.6. The number of rotatable bonds is 11. The number of allylic oxidation sites excluding steroid dienone is 1. The van der Waals surface area contributed by atoms with Crippen LogP contribution in [-0.4, -0.2) is 65.8 Å². The number of nitrogens with two attached hydrogens (primary N) is 1. The fourth-order valence-corrected chi connectivity index (χ4v) is 12.5. The maximum atomic E-state index is 12.5. The van der Waals surface area contributed by atoms with Crippen molar-refractivity contribution < 1.29 is 4.79 Å². The number of fused-ring (bicyclic) bond motifs is 5. The average molecular weight is 1170 g/mol. The van der Waals surface area contributed by atoms with Gasteiger partial charge in [-0.25, -0.2) is 19.5 Å². The predicted molar refractivity (Wildman–Crippen MR) is 354 cm³/mol. The zero-order valence-electron chi connectivity index (χ0n) is 50.1. The summed E-state index contributed by atoms with van der Waals surface area (Å²) in [5.74, 6) is 1.45. The molecule has 3 aliphatic rings. The fourth-order valence-electron chi connectivity index (χ4n) is 12.3. The van der Waals surface area contributed by atoms with Crippen LogP contribution in [0.2, 0.25) is 5.02 Å². The number of carbonyl (C=O) groups is 1. The second-order valence-corrected chi connectivity index (χ2v) is 23.4. The Balaban J connectivity index is 0.000000129. The molecule has 0 spiro atoms. The summed E-state index contributed by atoms with van der Waals surface area (Å²) in [4.78, 5) is 33.7. The van der Waals surface area contributed by atoms with Crippen LogP contribution in [0.4, 0.5) is 17.2 Å². The molecular formula is C74H76ClN11O. The number of hydrogen-bond acceptors (Lipinski definition) is 8. The number of aromatic nitrogens is 6. The Bertz CT molecular complexity index is 3920. The van der Waals surface area contributed by atoms with E-state index in [2.05, 4.69) is 134 Å². The standard InChI is InChI=1S/C22H28N2O.C20H20ClN.C17H11N5.C15H17N3/c1-2-22(25)24(20-11-7-4-8-12-20)21-14-17-23(18-15-21)16-13-19-9-5-3-6-10-19;21-17-10-11-18-16(13-17)9-8-15-7-4-12-22-20(15)19(18)14-5-2-1-3-6-14;1-19-16-8-6-15(7-9-16)17(22-12-20-11-21-22)14-4-2-13(10-18)3-5-14;1-10(2)9-18-8-7-12-14(18)11-5-3-4-6-13(11)17-15(12)16/h3-12,21H,2,13-18H2,1H3;4,7,10-13H,1-3,5-6,8-9H2;2-9,11-12,17H;3-8,10H,9H2,1-2H3,(H2,16,17). The van der Waals surface area contributed by atoms with Gasteiger partial charge in [-0.05, 0) is 152 Å². The van der Waals surface area contributed by atoms with E-state index >= 15 is 0 Å². The van der Waals surface area contributed by atoms with E-state index in [1.54, 1.807) is 40.8 Å². The summed E-state index contributed by atoms with van der Waals surface area (Å²) < 4.78 is 4.04. The second-order valence-electron chi connectivity index (χ2n) is 23.0. The van der Waals surface area contributed by atoms with E-state index in [9.17, 15) is 4.79 Å². The van der Waals surface area contributed by atoms with Crippen molar-refractivity contribution in [1.82, 2.24) is 34.2 Å². The van der Waals surface area contributed by atoms with Crippen molar-refractivity contribution in [3.05, 3.63) is 262 Å². The van der Waals surface area contributed by atoms with E-state index in [4.69, 9.17) is 34.2 Å². The SMILES string of the molecule is CC(C)Cn1ccc2c(N)nc3ccccc3c21.CCC(=O)N(c1ccccc1)C1CCN(CCc2ccccc2)CC1.Clc1ccc2c(c1)CCc1cccnc1C2=C1CCCCC1.[C-]#[N+]c1ccc(C(c2ccc(C#N)cc2)n2cncn2)cc1. The molecule has 13 heteroatoms. The quantitative estimate of drug-likeness (QED) is 0.126.